The number of aryl methyl sites for hydroxylation is 1. The lowest BCUT2D eigenvalue weighted by atomic mass is 9.76. The number of benzene rings is 1. The second-order valence-electron chi connectivity index (χ2n) is 4.94. The number of rotatable bonds is 1. The van der Waals surface area contributed by atoms with Gasteiger partial charge in [-0.15, -0.1) is 0 Å². The van der Waals surface area contributed by atoms with Crippen LogP contribution in [-0.4, -0.2) is 13.7 Å². The van der Waals surface area contributed by atoms with E-state index in [1.165, 1.54) is 36.8 Å². The van der Waals surface area contributed by atoms with Crippen LogP contribution in [0.2, 0.25) is 0 Å². The molecular weight excluding hydrogens is 198 g/mol. The van der Waals surface area contributed by atoms with Crippen LogP contribution in [0.5, 0.6) is 5.75 Å². The molecule has 0 amide bonds. The number of methoxy groups -OCH3 is 1. The van der Waals surface area contributed by atoms with Crippen molar-refractivity contribution >= 4 is 0 Å². The van der Waals surface area contributed by atoms with Crippen LogP contribution in [0.25, 0.3) is 0 Å². The highest BCUT2D eigenvalue weighted by Crippen LogP contribution is 2.40. The van der Waals surface area contributed by atoms with Crippen LogP contribution in [0.1, 0.15) is 36.4 Å². The summed E-state index contributed by atoms with van der Waals surface area (Å²) in [5.74, 6) is 1.83. The molecule has 0 spiro atoms. The maximum absolute atomic E-state index is 5.33. The average Bonchev–Trinajstić information content (AvgIpc) is 2.38. The van der Waals surface area contributed by atoms with Gasteiger partial charge in [0.15, 0.2) is 0 Å². The summed E-state index contributed by atoms with van der Waals surface area (Å²) in [6.07, 6.45) is 5.30. The van der Waals surface area contributed by atoms with Crippen LogP contribution in [0, 0.1) is 5.92 Å². The standard InChI is InChI=1S/C14H19NO/c1-16-12-7-6-10-4-5-11-3-2-8-15-14(11)13(10)9-12/h6-7,9,11,14-15H,2-5,8H2,1H3. The van der Waals surface area contributed by atoms with Crippen molar-refractivity contribution in [3.63, 3.8) is 0 Å². The number of ether oxygens (including phenoxy) is 1. The van der Waals surface area contributed by atoms with Crippen molar-refractivity contribution in [1.82, 2.24) is 5.32 Å². The van der Waals surface area contributed by atoms with Crippen LogP contribution in [0.4, 0.5) is 0 Å². The minimum atomic E-state index is 0.576. The van der Waals surface area contributed by atoms with Crippen molar-refractivity contribution < 1.29 is 4.74 Å². The molecule has 1 aliphatic heterocycles. The number of nitrogens with one attached hydrogen (secondary N) is 1. The van der Waals surface area contributed by atoms with Gasteiger partial charge in [0.1, 0.15) is 5.75 Å². The lowest BCUT2D eigenvalue weighted by molar-refractivity contribution is 0.254. The Morgan fingerprint density at radius 1 is 1.31 bits per heavy atom. The Morgan fingerprint density at radius 3 is 3.12 bits per heavy atom. The van der Waals surface area contributed by atoms with E-state index in [0.29, 0.717) is 6.04 Å². The highest BCUT2D eigenvalue weighted by molar-refractivity contribution is 5.40. The van der Waals surface area contributed by atoms with Crippen molar-refractivity contribution in [3.05, 3.63) is 29.3 Å². The summed E-state index contributed by atoms with van der Waals surface area (Å²) in [6.45, 7) is 1.16. The Hall–Kier alpha value is -1.02. The van der Waals surface area contributed by atoms with E-state index in [-0.39, 0.29) is 0 Å². The predicted molar refractivity (Wildman–Crippen MR) is 64.8 cm³/mol. The summed E-state index contributed by atoms with van der Waals surface area (Å²) < 4.78 is 5.33. The molecule has 1 heterocycles. The normalized spacial score (nSPS) is 28.1. The zero-order chi connectivity index (χ0) is 11.0. The Balaban J connectivity index is 1.98. The fourth-order valence-electron chi connectivity index (χ4n) is 3.19. The SMILES string of the molecule is COc1ccc2c(c1)C1NCCCC1CC2. The molecule has 0 saturated carbocycles. The van der Waals surface area contributed by atoms with Crippen LogP contribution < -0.4 is 10.1 Å². The van der Waals surface area contributed by atoms with Gasteiger partial charge in [0, 0.05) is 6.04 Å². The Morgan fingerprint density at radius 2 is 2.25 bits per heavy atom. The fraction of sp³-hybridized carbons (Fsp3) is 0.571. The quantitative estimate of drug-likeness (QED) is 0.781. The monoisotopic (exact) mass is 217 g/mol. The van der Waals surface area contributed by atoms with Gasteiger partial charge in [0.2, 0.25) is 0 Å². The number of hydrogen-bond acceptors (Lipinski definition) is 2. The molecule has 86 valence electrons. The topological polar surface area (TPSA) is 21.3 Å². The van der Waals surface area contributed by atoms with Gasteiger partial charge in [-0.05, 0) is 61.4 Å². The lowest BCUT2D eigenvalue weighted by Gasteiger charge is -2.38. The van der Waals surface area contributed by atoms with E-state index in [1.54, 1.807) is 7.11 Å². The van der Waals surface area contributed by atoms with Gasteiger partial charge in [-0.2, -0.15) is 0 Å². The summed E-state index contributed by atoms with van der Waals surface area (Å²) in [5, 5.41) is 3.67. The van der Waals surface area contributed by atoms with E-state index in [0.717, 1.165) is 18.2 Å². The van der Waals surface area contributed by atoms with Crippen LogP contribution in [0.3, 0.4) is 0 Å². The molecule has 2 nitrogen and oxygen atoms in total. The van der Waals surface area contributed by atoms with Gasteiger partial charge in [-0.25, -0.2) is 0 Å². The molecule has 1 aliphatic carbocycles. The van der Waals surface area contributed by atoms with E-state index in [2.05, 4.69) is 23.5 Å². The maximum atomic E-state index is 5.33. The minimum Gasteiger partial charge on any atom is -0.497 e. The van der Waals surface area contributed by atoms with Gasteiger partial charge < -0.3 is 10.1 Å². The summed E-state index contributed by atoms with van der Waals surface area (Å²) in [6, 6.07) is 7.13. The molecular formula is C14H19NO. The summed E-state index contributed by atoms with van der Waals surface area (Å²) in [5.41, 5.74) is 2.99. The highest BCUT2D eigenvalue weighted by atomic mass is 16.5. The first-order valence-electron chi connectivity index (χ1n) is 6.28. The van der Waals surface area contributed by atoms with E-state index < -0.39 is 0 Å². The van der Waals surface area contributed by atoms with E-state index in [9.17, 15) is 0 Å². The van der Waals surface area contributed by atoms with E-state index in [1.807, 2.05) is 0 Å². The number of fused-ring (bicyclic) bond motifs is 3. The van der Waals surface area contributed by atoms with Crippen LogP contribution in [-0.2, 0) is 6.42 Å². The zero-order valence-electron chi connectivity index (χ0n) is 9.83. The third-order valence-corrected chi connectivity index (χ3v) is 4.06. The predicted octanol–water partition coefficient (Wildman–Crippen LogP) is 2.68. The molecule has 1 saturated heterocycles. The molecule has 1 N–H and O–H groups in total. The molecule has 1 fully saturated rings. The number of hydrogen-bond donors (Lipinski definition) is 1. The van der Waals surface area contributed by atoms with E-state index >= 15 is 0 Å². The average molecular weight is 217 g/mol. The second kappa shape index (κ2) is 4.10. The molecule has 3 rings (SSSR count). The third kappa shape index (κ3) is 1.61. The molecule has 1 aromatic carbocycles. The summed E-state index contributed by atoms with van der Waals surface area (Å²) in [7, 11) is 1.75. The van der Waals surface area contributed by atoms with Crippen molar-refractivity contribution in [2.75, 3.05) is 13.7 Å². The van der Waals surface area contributed by atoms with Gasteiger partial charge in [-0.1, -0.05) is 6.07 Å². The van der Waals surface area contributed by atoms with Crippen LogP contribution >= 0.6 is 0 Å². The molecule has 1 aromatic rings. The van der Waals surface area contributed by atoms with Crippen molar-refractivity contribution in [1.29, 1.82) is 0 Å². The highest BCUT2D eigenvalue weighted by Gasteiger charge is 2.31. The molecule has 2 atom stereocenters. The molecule has 2 heteroatoms. The minimum absolute atomic E-state index is 0.576. The second-order valence-corrected chi connectivity index (χ2v) is 4.94. The first-order valence-corrected chi connectivity index (χ1v) is 6.28. The fourth-order valence-corrected chi connectivity index (χ4v) is 3.19. The zero-order valence-corrected chi connectivity index (χ0v) is 9.83. The first kappa shape index (κ1) is 10.2. The summed E-state index contributed by atoms with van der Waals surface area (Å²) in [4.78, 5) is 0. The molecule has 0 radical (unpaired) electrons. The van der Waals surface area contributed by atoms with Gasteiger partial charge >= 0.3 is 0 Å². The first-order chi connectivity index (χ1) is 7.88. The molecule has 2 unspecified atom stereocenters. The Labute approximate surface area is 97.0 Å². The van der Waals surface area contributed by atoms with Gasteiger partial charge in [0.25, 0.3) is 0 Å². The Kier molecular flexibility index (Phi) is 2.60. The van der Waals surface area contributed by atoms with Gasteiger partial charge in [-0.3, -0.25) is 0 Å². The van der Waals surface area contributed by atoms with E-state index in [4.69, 9.17) is 4.74 Å². The maximum Gasteiger partial charge on any atom is 0.119 e. The van der Waals surface area contributed by atoms with Crippen molar-refractivity contribution in [2.24, 2.45) is 5.92 Å². The third-order valence-electron chi connectivity index (χ3n) is 4.06. The largest absolute Gasteiger partial charge is 0.497 e. The van der Waals surface area contributed by atoms with Crippen LogP contribution in [0.15, 0.2) is 18.2 Å². The van der Waals surface area contributed by atoms with Crippen molar-refractivity contribution in [2.45, 2.75) is 31.7 Å². The van der Waals surface area contributed by atoms with Gasteiger partial charge in [0.05, 0.1) is 7.11 Å². The molecule has 16 heavy (non-hydrogen) atoms. The lowest BCUT2D eigenvalue weighted by Crippen LogP contribution is -2.37. The van der Waals surface area contributed by atoms with Crippen molar-refractivity contribution in [3.8, 4) is 5.75 Å². The molecule has 2 aliphatic rings. The smallest absolute Gasteiger partial charge is 0.119 e. The number of piperidine rings is 1. The molecule has 0 bridgehead atoms. The molecule has 0 aromatic heterocycles. The summed E-state index contributed by atoms with van der Waals surface area (Å²) >= 11 is 0. The Bertz CT molecular complexity index is 388.